The first-order valence-electron chi connectivity index (χ1n) is 8.93. The van der Waals surface area contributed by atoms with Crippen molar-refractivity contribution < 1.29 is 17.9 Å². The summed E-state index contributed by atoms with van der Waals surface area (Å²) < 4.78 is 28.5. The molecule has 2 heterocycles. The first kappa shape index (κ1) is 18.4. The van der Waals surface area contributed by atoms with Crippen LogP contribution in [-0.4, -0.2) is 63.1 Å². The number of nitrogens with zero attached hydrogens (tertiary/aromatic N) is 1. The van der Waals surface area contributed by atoms with Crippen molar-refractivity contribution in [3.8, 4) is 0 Å². The number of amides is 1. The molecular weight excluding hydrogens is 340 g/mol. The molecule has 1 atom stereocenters. The Balaban J connectivity index is 1.47. The normalized spacial score (nSPS) is 23.9. The molecule has 3 rings (SSSR count). The lowest BCUT2D eigenvalue weighted by Gasteiger charge is -2.26. The third-order valence-corrected chi connectivity index (χ3v) is 6.43. The maximum atomic E-state index is 12.2. The molecule has 1 aromatic rings. The molecule has 2 aliphatic heterocycles. The summed E-state index contributed by atoms with van der Waals surface area (Å²) in [6.45, 7) is 3.21. The number of hydrogen-bond donors (Lipinski definition) is 1. The summed E-state index contributed by atoms with van der Waals surface area (Å²) in [6.07, 6.45) is 3.40. The summed E-state index contributed by atoms with van der Waals surface area (Å²) in [4.78, 5) is 14.4. The van der Waals surface area contributed by atoms with Gasteiger partial charge in [-0.15, -0.1) is 0 Å². The van der Waals surface area contributed by atoms with Crippen molar-refractivity contribution in [2.75, 3.05) is 37.7 Å². The van der Waals surface area contributed by atoms with E-state index in [4.69, 9.17) is 4.74 Å². The zero-order chi connectivity index (χ0) is 17.7. The second-order valence-electron chi connectivity index (χ2n) is 6.82. The Kier molecular flexibility index (Phi) is 6.09. The van der Waals surface area contributed by atoms with Crippen molar-refractivity contribution in [3.63, 3.8) is 0 Å². The van der Waals surface area contributed by atoms with E-state index in [0.29, 0.717) is 31.7 Å². The highest BCUT2D eigenvalue weighted by molar-refractivity contribution is 7.91. The summed E-state index contributed by atoms with van der Waals surface area (Å²) >= 11 is 0. The van der Waals surface area contributed by atoms with Crippen molar-refractivity contribution in [1.82, 2.24) is 10.2 Å². The van der Waals surface area contributed by atoms with Gasteiger partial charge in [-0.2, -0.15) is 0 Å². The van der Waals surface area contributed by atoms with Crippen molar-refractivity contribution in [3.05, 3.63) is 35.4 Å². The maximum Gasteiger partial charge on any atom is 0.251 e. The highest BCUT2D eigenvalue weighted by Crippen LogP contribution is 2.13. The number of hydrogen-bond acceptors (Lipinski definition) is 5. The lowest BCUT2D eigenvalue weighted by atomic mass is 10.1. The molecule has 1 amide bonds. The summed E-state index contributed by atoms with van der Waals surface area (Å²) in [5.74, 6) is 0.387. The zero-order valence-electron chi connectivity index (χ0n) is 14.4. The molecule has 0 radical (unpaired) electrons. The van der Waals surface area contributed by atoms with E-state index in [2.05, 4.69) is 10.2 Å². The molecule has 0 aromatic heterocycles. The van der Waals surface area contributed by atoms with E-state index in [1.807, 2.05) is 24.3 Å². The van der Waals surface area contributed by atoms with E-state index in [0.717, 1.165) is 31.4 Å². The van der Waals surface area contributed by atoms with E-state index in [1.165, 1.54) is 0 Å². The van der Waals surface area contributed by atoms with Crippen LogP contribution >= 0.6 is 0 Å². The molecule has 2 aliphatic rings. The zero-order valence-corrected chi connectivity index (χ0v) is 15.3. The molecular formula is C18H26N2O4S. The Labute approximate surface area is 149 Å². The molecule has 138 valence electrons. The standard InChI is InChI=1S/C18H26N2O4S/c21-18(19-13-17-3-1-2-10-24-17)16-6-4-15(5-7-16)14-20-8-11-25(22,23)12-9-20/h4-7,17H,1-3,8-14H2,(H,19,21)/t17-/m1/s1. The van der Waals surface area contributed by atoms with Gasteiger partial charge in [0.2, 0.25) is 0 Å². The fourth-order valence-electron chi connectivity index (χ4n) is 3.21. The predicted octanol–water partition coefficient (Wildman–Crippen LogP) is 1.22. The van der Waals surface area contributed by atoms with Gasteiger partial charge >= 0.3 is 0 Å². The van der Waals surface area contributed by atoms with Crippen LogP contribution in [0.15, 0.2) is 24.3 Å². The predicted molar refractivity (Wildman–Crippen MR) is 96.3 cm³/mol. The van der Waals surface area contributed by atoms with Crippen LogP contribution in [0.5, 0.6) is 0 Å². The van der Waals surface area contributed by atoms with Crippen LogP contribution < -0.4 is 5.32 Å². The molecule has 0 aliphatic carbocycles. The van der Waals surface area contributed by atoms with Gasteiger partial charge in [0.05, 0.1) is 17.6 Å². The van der Waals surface area contributed by atoms with E-state index < -0.39 is 9.84 Å². The number of rotatable bonds is 5. The van der Waals surface area contributed by atoms with E-state index in [1.54, 1.807) is 0 Å². The Bertz CT molecular complexity index is 668. The molecule has 2 saturated heterocycles. The number of ether oxygens (including phenoxy) is 1. The monoisotopic (exact) mass is 366 g/mol. The quantitative estimate of drug-likeness (QED) is 0.848. The van der Waals surface area contributed by atoms with Gasteiger partial charge < -0.3 is 10.1 Å². The second kappa shape index (κ2) is 8.29. The number of sulfone groups is 1. The molecule has 1 aromatic carbocycles. The fraction of sp³-hybridized carbons (Fsp3) is 0.611. The minimum atomic E-state index is -2.85. The van der Waals surface area contributed by atoms with Crippen molar-refractivity contribution in [2.45, 2.75) is 31.9 Å². The third kappa shape index (κ3) is 5.52. The molecule has 25 heavy (non-hydrogen) atoms. The molecule has 0 bridgehead atoms. The number of nitrogens with one attached hydrogen (secondary N) is 1. The molecule has 0 unspecified atom stereocenters. The summed E-state index contributed by atoms with van der Waals surface area (Å²) in [6, 6.07) is 7.53. The summed E-state index contributed by atoms with van der Waals surface area (Å²) in [5, 5.41) is 2.94. The largest absolute Gasteiger partial charge is 0.376 e. The number of benzene rings is 1. The van der Waals surface area contributed by atoms with Crippen molar-refractivity contribution in [1.29, 1.82) is 0 Å². The fourth-order valence-corrected chi connectivity index (χ4v) is 4.48. The molecule has 6 nitrogen and oxygen atoms in total. The minimum Gasteiger partial charge on any atom is -0.376 e. The third-order valence-electron chi connectivity index (χ3n) is 4.82. The Morgan fingerprint density at radius 2 is 1.88 bits per heavy atom. The van der Waals surface area contributed by atoms with Crippen LogP contribution in [0.3, 0.4) is 0 Å². The first-order chi connectivity index (χ1) is 12.0. The van der Waals surface area contributed by atoms with Crippen molar-refractivity contribution >= 4 is 15.7 Å². The number of carbonyl (C=O) groups is 1. The van der Waals surface area contributed by atoms with Gasteiger partial charge in [0, 0.05) is 38.3 Å². The van der Waals surface area contributed by atoms with Gasteiger partial charge in [-0.25, -0.2) is 8.42 Å². The maximum absolute atomic E-state index is 12.2. The van der Waals surface area contributed by atoms with Gasteiger partial charge in [-0.05, 0) is 37.0 Å². The Morgan fingerprint density at radius 3 is 2.52 bits per heavy atom. The topological polar surface area (TPSA) is 75.7 Å². The Morgan fingerprint density at radius 1 is 1.16 bits per heavy atom. The molecule has 0 spiro atoms. The van der Waals surface area contributed by atoms with E-state index in [-0.39, 0.29) is 23.5 Å². The van der Waals surface area contributed by atoms with Crippen LogP contribution in [-0.2, 0) is 21.1 Å². The van der Waals surface area contributed by atoms with E-state index >= 15 is 0 Å². The van der Waals surface area contributed by atoms with Crippen LogP contribution in [0.1, 0.15) is 35.2 Å². The lowest BCUT2D eigenvalue weighted by molar-refractivity contribution is 0.0169. The average molecular weight is 366 g/mol. The SMILES string of the molecule is O=C(NC[C@H]1CCCCO1)c1ccc(CN2CCS(=O)(=O)CC2)cc1. The lowest BCUT2D eigenvalue weighted by Crippen LogP contribution is -2.39. The molecule has 1 N–H and O–H groups in total. The van der Waals surface area contributed by atoms with Gasteiger partial charge in [0.15, 0.2) is 9.84 Å². The highest BCUT2D eigenvalue weighted by Gasteiger charge is 2.21. The summed E-state index contributed by atoms with van der Waals surface area (Å²) in [5.41, 5.74) is 1.73. The van der Waals surface area contributed by atoms with Crippen LogP contribution in [0.2, 0.25) is 0 Å². The molecule has 7 heteroatoms. The Hall–Kier alpha value is -1.44. The van der Waals surface area contributed by atoms with Crippen LogP contribution in [0, 0.1) is 0 Å². The second-order valence-corrected chi connectivity index (χ2v) is 9.13. The average Bonchev–Trinajstić information content (AvgIpc) is 2.63. The van der Waals surface area contributed by atoms with Gasteiger partial charge in [0.25, 0.3) is 5.91 Å². The van der Waals surface area contributed by atoms with Crippen LogP contribution in [0.25, 0.3) is 0 Å². The first-order valence-corrected chi connectivity index (χ1v) is 10.8. The van der Waals surface area contributed by atoms with Gasteiger partial charge in [0.1, 0.15) is 0 Å². The molecule has 0 saturated carbocycles. The van der Waals surface area contributed by atoms with Gasteiger partial charge in [-0.1, -0.05) is 12.1 Å². The number of carbonyl (C=O) groups excluding carboxylic acids is 1. The van der Waals surface area contributed by atoms with Crippen molar-refractivity contribution in [2.24, 2.45) is 0 Å². The van der Waals surface area contributed by atoms with Gasteiger partial charge in [-0.3, -0.25) is 9.69 Å². The van der Waals surface area contributed by atoms with Crippen LogP contribution in [0.4, 0.5) is 0 Å². The van der Waals surface area contributed by atoms with E-state index in [9.17, 15) is 13.2 Å². The minimum absolute atomic E-state index is 0.0789. The highest BCUT2D eigenvalue weighted by atomic mass is 32.2. The molecule has 2 fully saturated rings. The smallest absolute Gasteiger partial charge is 0.251 e. The summed E-state index contributed by atoms with van der Waals surface area (Å²) in [7, 11) is -2.85.